The third-order valence-electron chi connectivity index (χ3n) is 3.78. The maximum absolute atomic E-state index is 11.0. The Labute approximate surface area is 143 Å². The van der Waals surface area contributed by atoms with Crippen LogP contribution in [0.1, 0.15) is 27.0 Å². The van der Waals surface area contributed by atoms with E-state index in [0.29, 0.717) is 5.56 Å². The van der Waals surface area contributed by atoms with Crippen LogP contribution in [-0.2, 0) is 0 Å². The first-order chi connectivity index (χ1) is 11.0. The highest BCUT2D eigenvalue weighted by Crippen LogP contribution is 2.22. The van der Waals surface area contributed by atoms with E-state index in [4.69, 9.17) is 5.11 Å². The van der Waals surface area contributed by atoms with Crippen molar-refractivity contribution < 1.29 is 9.90 Å². The third kappa shape index (κ3) is 3.51. The van der Waals surface area contributed by atoms with Gasteiger partial charge >= 0.3 is 5.97 Å². The summed E-state index contributed by atoms with van der Waals surface area (Å²) < 4.78 is 1.07. The first-order valence-corrected chi connectivity index (χ1v) is 8.03. The van der Waals surface area contributed by atoms with E-state index >= 15 is 0 Å². The van der Waals surface area contributed by atoms with Crippen LogP contribution in [0.3, 0.4) is 0 Å². The molecule has 0 amide bonds. The minimum absolute atomic E-state index is 0.346. The van der Waals surface area contributed by atoms with Crippen molar-refractivity contribution in [3.05, 3.63) is 81.3 Å². The number of hydrogen-bond donors (Lipinski definition) is 1. The summed E-state index contributed by atoms with van der Waals surface area (Å²) in [7, 11) is 0. The van der Waals surface area contributed by atoms with Crippen LogP contribution < -0.4 is 0 Å². The third-order valence-corrected chi connectivity index (χ3v) is 4.27. The minimum Gasteiger partial charge on any atom is -0.478 e. The highest BCUT2D eigenvalue weighted by atomic mass is 79.9. The minimum atomic E-state index is -0.890. The fourth-order valence-corrected chi connectivity index (χ4v) is 2.94. The van der Waals surface area contributed by atoms with Gasteiger partial charge in [-0.2, -0.15) is 0 Å². The van der Waals surface area contributed by atoms with Gasteiger partial charge < -0.3 is 5.11 Å². The van der Waals surface area contributed by atoms with Crippen molar-refractivity contribution in [3.63, 3.8) is 0 Å². The van der Waals surface area contributed by atoms with E-state index in [-0.39, 0.29) is 0 Å². The van der Waals surface area contributed by atoms with Gasteiger partial charge in [0.25, 0.3) is 0 Å². The highest BCUT2D eigenvalue weighted by Gasteiger charge is 2.05. The predicted molar refractivity (Wildman–Crippen MR) is 98.7 cm³/mol. The van der Waals surface area contributed by atoms with Crippen LogP contribution in [0, 0.1) is 6.92 Å². The molecule has 0 unspecified atom stereocenters. The molecule has 0 bridgehead atoms. The second kappa shape index (κ2) is 6.39. The van der Waals surface area contributed by atoms with E-state index in [1.807, 2.05) is 37.3 Å². The lowest BCUT2D eigenvalue weighted by molar-refractivity contribution is 0.0696. The lowest BCUT2D eigenvalue weighted by atomic mass is 10.0. The molecule has 0 aliphatic heterocycles. The molecule has 1 N–H and O–H groups in total. The van der Waals surface area contributed by atoms with Gasteiger partial charge in [0.2, 0.25) is 0 Å². The number of carboxylic acids is 1. The number of halogens is 1. The maximum Gasteiger partial charge on any atom is 0.335 e. The van der Waals surface area contributed by atoms with Crippen LogP contribution >= 0.6 is 15.9 Å². The van der Waals surface area contributed by atoms with E-state index in [0.717, 1.165) is 21.2 Å². The Bertz CT molecular complexity index is 926. The smallest absolute Gasteiger partial charge is 0.335 e. The molecule has 0 saturated heterocycles. The van der Waals surface area contributed by atoms with Crippen molar-refractivity contribution >= 4 is 44.8 Å². The van der Waals surface area contributed by atoms with Crippen molar-refractivity contribution in [3.8, 4) is 0 Å². The van der Waals surface area contributed by atoms with Crippen molar-refractivity contribution in [2.75, 3.05) is 0 Å². The quantitative estimate of drug-likeness (QED) is 0.596. The molecule has 0 heterocycles. The molecular weight excluding hydrogens is 352 g/mol. The molecule has 23 heavy (non-hydrogen) atoms. The monoisotopic (exact) mass is 366 g/mol. The molecule has 3 aromatic rings. The first-order valence-electron chi connectivity index (χ1n) is 7.24. The van der Waals surface area contributed by atoms with Crippen molar-refractivity contribution in [2.24, 2.45) is 0 Å². The van der Waals surface area contributed by atoms with Gasteiger partial charge in [0.15, 0.2) is 0 Å². The average molecular weight is 367 g/mol. The number of aryl methyl sites for hydroxylation is 1. The summed E-state index contributed by atoms with van der Waals surface area (Å²) in [6.07, 6.45) is 4.04. The Morgan fingerprint density at radius 1 is 0.913 bits per heavy atom. The van der Waals surface area contributed by atoms with Gasteiger partial charge in [-0.25, -0.2) is 4.79 Å². The van der Waals surface area contributed by atoms with Crippen molar-refractivity contribution in [2.45, 2.75) is 6.92 Å². The SMILES string of the molecule is Cc1cc(C=Cc2ccc3cc(Br)ccc3c2)ccc1C(=O)O. The molecule has 0 spiro atoms. The van der Waals surface area contributed by atoms with Crippen LogP contribution in [0.2, 0.25) is 0 Å². The summed E-state index contributed by atoms with van der Waals surface area (Å²) in [5.41, 5.74) is 3.21. The summed E-state index contributed by atoms with van der Waals surface area (Å²) in [6.45, 7) is 1.81. The zero-order valence-corrected chi connectivity index (χ0v) is 14.2. The average Bonchev–Trinajstić information content (AvgIpc) is 2.52. The van der Waals surface area contributed by atoms with Gasteiger partial charge in [0.05, 0.1) is 5.56 Å². The molecule has 3 aromatic carbocycles. The Kier molecular flexibility index (Phi) is 4.30. The van der Waals surface area contributed by atoms with Crippen molar-refractivity contribution in [1.82, 2.24) is 0 Å². The maximum atomic E-state index is 11.0. The van der Waals surface area contributed by atoms with Gasteiger partial charge in [0.1, 0.15) is 0 Å². The Morgan fingerprint density at radius 2 is 1.52 bits per heavy atom. The molecule has 2 nitrogen and oxygen atoms in total. The summed E-state index contributed by atoms with van der Waals surface area (Å²) in [6, 6.07) is 17.9. The number of aromatic carboxylic acids is 1. The standard InChI is InChI=1S/C20H15BrO2/c1-13-10-14(5-9-19(13)20(22)23)2-3-15-4-6-17-12-18(21)8-7-16(17)11-15/h2-12H,1H3,(H,22,23). The van der Waals surface area contributed by atoms with Crippen LogP contribution in [0.15, 0.2) is 59.1 Å². The lowest BCUT2D eigenvalue weighted by Crippen LogP contribution is -1.99. The fourth-order valence-electron chi connectivity index (χ4n) is 2.56. The van der Waals surface area contributed by atoms with Gasteiger partial charge in [-0.05, 0) is 58.7 Å². The van der Waals surface area contributed by atoms with Crippen LogP contribution in [0.25, 0.3) is 22.9 Å². The molecule has 0 aromatic heterocycles. The summed E-state index contributed by atoms with van der Waals surface area (Å²) in [5.74, 6) is -0.890. The fraction of sp³-hybridized carbons (Fsp3) is 0.0500. The Morgan fingerprint density at radius 3 is 2.22 bits per heavy atom. The molecule has 3 rings (SSSR count). The summed E-state index contributed by atoms with van der Waals surface area (Å²) >= 11 is 3.48. The van der Waals surface area contributed by atoms with E-state index in [1.54, 1.807) is 6.07 Å². The number of benzene rings is 3. The molecule has 0 aliphatic carbocycles. The number of rotatable bonds is 3. The zero-order valence-electron chi connectivity index (χ0n) is 12.6. The number of fused-ring (bicyclic) bond motifs is 1. The Balaban J connectivity index is 1.89. The van der Waals surface area contributed by atoms with E-state index < -0.39 is 5.97 Å². The van der Waals surface area contributed by atoms with Gasteiger partial charge in [-0.1, -0.05) is 58.4 Å². The zero-order chi connectivity index (χ0) is 16.4. The second-order valence-corrected chi connectivity index (χ2v) is 6.38. The topological polar surface area (TPSA) is 37.3 Å². The van der Waals surface area contributed by atoms with Gasteiger partial charge in [-0.3, -0.25) is 0 Å². The lowest BCUT2D eigenvalue weighted by Gasteiger charge is -2.03. The second-order valence-electron chi connectivity index (χ2n) is 5.46. The molecule has 0 saturated carbocycles. The number of carbonyl (C=O) groups is 1. The molecule has 0 atom stereocenters. The normalized spacial score (nSPS) is 11.2. The van der Waals surface area contributed by atoms with Crippen molar-refractivity contribution in [1.29, 1.82) is 0 Å². The number of carboxylic acid groups (broad SMARTS) is 1. The summed E-state index contributed by atoms with van der Waals surface area (Å²) in [5, 5.41) is 11.4. The van der Waals surface area contributed by atoms with Gasteiger partial charge in [-0.15, -0.1) is 0 Å². The van der Waals surface area contributed by atoms with Gasteiger partial charge in [0, 0.05) is 4.47 Å². The van der Waals surface area contributed by atoms with E-state index in [1.165, 1.54) is 10.8 Å². The van der Waals surface area contributed by atoms with Crippen LogP contribution in [0.4, 0.5) is 0 Å². The number of hydrogen-bond acceptors (Lipinski definition) is 1. The highest BCUT2D eigenvalue weighted by molar-refractivity contribution is 9.10. The largest absolute Gasteiger partial charge is 0.478 e. The first kappa shape index (κ1) is 15.5. The van der Waals surface area contributed by atoms with E-state index in [2.05, 4.69) is 46.3 Å². The summed E-state index contributed by atoms with van der Waals surface area (Å²) in [4.78, 5) is 11.0. The molecule has 0 fully saturated rings. The van der Waals surface area contributed by atoms with Crippen LogP contribution in [0.5, 0.6) is 0 Å². The molecule has 0 aliphatic rings. The Hall–Kier alpha value is -2.39. The molecule has 0 radical (unpaired) electrons. The molecular formula is C20H15BrO2. The predicted octanol–water partition coefficient (Wildman–Crippen LogP) is 5.78. The molecule has 3 heteroatoms. The van der Waals surface area contributed by atoms with E-state index in [9.17, 15) is 4.79 Å². The molecule has 114 valence electrons. The van der Waals surface area contributed by atoms with Crippen LogP contribution in [-0.4, -0.2) is 11.1 Å².